The van der Waals surface area contributed by atoms with E-state index in [4.69, 9.17) is 14.7 Å². The first-order valence-corrected chi connectivity index (χ1v) is 15.3. The molecule has 3 aromatic rings. The second-order valence-corrected chi connectivity index (χ2v) is 12.8. The number of aromatic nitrogens is 3. The third-order valence-corrected chi connectivity index (χ3v) is 10.1. The number of aliphatic hydroxyl groups excluding tert-OH is 1. The fourth-order valence-corrected chi connectivity index (χ4v) is 8.22. The normalized spacial score (nSPS) is 27.0. The minimum absolute atomic E-state index is 0.0414. The van der Waals surface area contributed by atoms with E-state index in [1.807, 2.05) is 30.0 Å². The number of pyridine rings is 1. The average molecular weight is 560 g/mol. The van der Waals surface area contributed by atoms with E-state index in [9.17, 15) is 5.11 Å². The SMILES string of the molecule is Cc1cccc2c1N(c1ncc3c(N4C[C@H]5CC[C@@H](C4)N5)nc(OCC45CCCN4CCC5)nc3c1F)CC(O)C2. The van der Waals surface area contributed by atoms with Gasteiger partial charge in [-0.05, 0) is 69.7 Å². The molecule has 216 valence electrons. The summed E-state index contributed by atoms with van der Waals surface area (Å²) in [5.41, 5.74) is 3.19. The van der Waals surface area contributed by atoms with Gasteiger partial charge >= 0.3 is 6.01 Å². The smallest absolute Gasteiger partial charge is 0.319 e. The van der Waals surface area contributed by atoms with Gasteiger partial charge in [0.25, 0.3) is 0 Å². The molecule has 0 saturated carbocycles. The molecule has 5 aliphatic rings. The number of aliphatic hydroxyl groups is 1. The lowest BCUT2D eigenvalue weighted by molar-refractivity contribution is 0.108. The predicted molar refractivity (Wildman–Crippen MR) is 156 cm³/mol. The van der Waals surface area contributed by atoms with E-state index in [1.165, 1.54) is 12.8 Å². The Kier molecular flexibility index (Phi) is 6.09. The molecular formula is C31H38FN7O2. The summed E-state index contributed by atoms with van der Waals surface area (Å²) in [7, 11) is 0. The maximum atomic E-state index is 16.7. The van der Waals surface area contributed by atoms with E-state index in [0.717, 1.165) is 68.7 Å². The van der Waals surface area contributed by atoms with E-state index in [0.29, 0.717) is 36.3 Å². The zero-order valence-electron chi connectivity index (χ0n) is 23.7. The van der Waals surface area contributed by atoms with Crippen LogP contribution in [0.3, 0.4) is 0 Å². The van der Waals surface area contributed by atoms with Crippen molar-refractivity contribution in [2.75, 3.05) is 49.1 Å². The van der Waals surface area contributed by atoms with Crippen LogP contribution in [0.15, 0.2) is 24.4 Å². The fraction of sp³-hybridized carbons (Fsp3) is 0.581. The molecule has 10 heteroatoms. The van der Waals surface area contributed by atoms with Crippen molar-refractivity contribution < 1.29 is 14.2 Å². The number of aryl methyl sites for hydroxylation is 1. The third-order valence-electron chi connectivity index (χ3n) is 10.1. The Bertz CT molecular complexity index is 1480. The van der Waals surface area contributed by atoms with Crippen LogP contribution < -0.4 is 19.9 Å². The Hall–Kier alpha value is -3.08. The summed E-state index contributed by atoms with van der Waals surface area (Å²) in [5.74, 6) is 0.377. The first-order chi connectivity index (χ1) is 20.0. The standard InChI is InChI=1S/C31H38FN7O2/c1-19-5-2-6-20-13-23(40)17-39(27(19)20)29-25(32)26-24(14-33-29)28(37-15-21-7-8-22(16-37)34-21)36-30(35-26)41-18-31-9-3-11-38(31)12-4-10-31/h2,5-6,14,21-23,34,40H,3-4,7-13,15-18H2,1H3/t21-,22+,23?. The number of fused-ring (bicyclic) bond motifs is 5. The van der Waals surface area contributed by atoms with E-state index in [1.54, 1.807) is 6.20 Å². The van der Waals surface area contributed by atoms with E-state index < -0.39 is 11.9 Å². The Morgan fingerprint density at radius 1 is 1.07 bits per heavy atom. The van der Waals surface area contributed by atoms with E-state index in [-0.39, 0.29) is 29.4 Å². The van der Waals surface area contributed by atoms with E-state index in [2.05, 4.69) is 20.1 Å². The molecule has 2 bridgehead atoms. The van der Waals surface area contributed by atoms with Crippen LogP contribution in [-0.2, 0) is 6.42 Å². The summed E-state index contributed by atoms with van der Waals surface area (Å²) in [6, 6.07) is 7.03. The van der Waals surface area contributed by atoms with Crippen LogP contribution in [0.4, 0.5) is 21.7 Å². The molecule has 3 atom stereocenters. The van der Waals surface area contributed by atoms with Gasteiger partial charge in [-0.15, -0.1) is 0 Å². The third kappa shape index (κ3) is 4.25. The maximum absolute atomic E-state index is 16.7. The number of para-hydroxylation sites is 1. The van der Waals surface area contributed by atoms with Crippen molar-refractivity contribution in [3.63, 3.8) is 0 Å². The minimum Gasteiger partial charge on any atom is -0.461 e. The van der Waals surface area contributed by atoms with Crippen LogP contribution in [0, 0.1) is 12.7 Å². The molecule has 41 heavy (non-hydrogen) atoms. The second-order valence-electron chi connectivity index (χ2n) is 12.8. The quantitative estimate of drug-likeness (QED) is 0.488. The summed E-state index contributed by atoms with van der Waals surface area (Å²) in [5, 5.41) is 15.0. The van der Waals surface area contributed by atoms with Gasteiger partial charge in [-0.1, -0.05) is 18.2 Å². The number of anilines is 3. The van der Waals surface area contributed by atoms with Crippen molar-refractivity contribution >= 4 is 28.2 Å². The topological polar surface area (TPSA) is 89.9 Å². The summed E-state index contributed by atoms with van der Waals surface area (Å²) < 4.78 is 23.1. The predicted octanol–water partition coefficient (Wildman–Crippen LogP) is 3.48. The van der Waals surface area contributed by atoms with Gasteiger partial charge in [0.05, 0.1) is 23.6 Å². The molecule has 1 unspecified atom stereocenters. The number of rotatable bonds is 5. The summed E-state index contributed by atoms with van der Waals surface area (Å²) in [4.78, 5) is 20.9. The van der Waals surface area contributed by atoms with Crippen LogP contribution in [0.25, 0.3) is 10.9 Å². The highest BCUT2D eigenvalue weighted by atomic mass is 19.1. The summed E-state index contributed by atoms with van der Waals surface area (Å²) in [6.45, 7) is 6.67. The largest absolute Gasteiger partial charge is 0.461 e. The van der Waals surface area contributed by atoms with Gasteiger partial charge in [-0.3, -0.25) is 4.90 Å². The number of halogens is 1. The number of β-amino-alcohol motifs (C(OH)–C–C–N with tert-alkyl or cyclic N) is 1. The van der Waals surface area contributed by atoms with Gasteiger partial charge in [0.15, 0.2) is 11.6 Å². The molecule has 5 aliphatic heterocycles. The molecule has 4 saturated heterocycles. The molecule has 0 amide bonds. The zero-order valence-corrected chi connectivity index (χ0v) is 23.7. The van der Waals surface area contributed by atoms with Gasteiger partial charge in [-0.2, -0.15) is 9.97 Å². The first kappa shape index (κ1) is 25.6. The Balaban J connectivity index is 1.22. The molecule has 0 aliphatic carbocycles. The molecule has 2 aromatic heterocycles. The van der Waals surface area contributed by atoms with Gasteiger partial charge in [-0.25, -0.2) is 9.37 Å². The minimum atomic E-state index is -0.614. The molecule has 0 radical (unpaired) electrons. The highest BCUT2D eigenvalue weighted by molar-refractivity contribution is 5.92. The second kappa shape index (κ2) is 9.74. The first-order valence-electron chi connectivity index (χ1n) is 15.3. The lowest BCUT2D eigenvalue weighted by Gasteiger charge is -2.36. The number of hydrogen-bond donors (Lipinski definition) is 2. The van der Waals surface area contributed by atoms with Crippen molar-refractivity contribution in [2.24, 2.45) is 0 Å². The Morgan fingerprint density at radius 3 is 2.63 bits per heavy atom. The highest BCUT2D eigenvalue weighted by Crippen LogP contribution is 2.41. The molecule has 2 N–H and O–H groups in total. The summed E-state index contributed by atoms with van der Waals surface area (Å²) in [6.07, 6.45) is 8.52. The zero-order chi connectivity index (χ0) is 27.7. The highest BCUT2D eigenvalue weighted by Gasteiger charge is 2.45. The van der Waals surface area contributed by atoms with Crippen molar-refractivity contribution in [1.29, 1.82) is 0 Å². The van der Waals surface area contributed by atoms with Crippen LogP contribution >= 0.6 is 0 Å². The molecule has 1 aromatic carbocycles. The van der Waals surface area contributed by atoms with Crippen molar-refractivity contribution in [2.45, 2.75) is 75.6 Å². The monoisotopic (exact) mass is 559 g/mol. The Labute approximate surface area is 239 Å². The van der Waals surface area contributed by atoms with Crippen LogP contribution in [0.1, 0.15) is 49.7 Å². The fourth-order valence-electron chi connectivity index (χ4n) is 8.22. The molecule has 9 nitrogen and oxygen atoms in total. The number of benzene rings is 1. The molecule has 4 fully saturated rings. The lowest BCUT2D eigenvalue weighted by atomic mass is 9.95. The molecule has 8 rings (SSSR count). The number of nitrogens with one attached hydrogen (secondary N) is 1. The molecular weight excluding hydrogens is 521 g/mol. The van der Waals surface area contributed by atoms with Gasteiger partial charge in [0, 0.05) is 43.5 Å². The number of piperazine rings is 1. The average Bonchev–Trinajstić information content (AvgIpc) is 3.65. The number of nitrogens with zero attached hydrogens (tertiary/aromatic N) is 6. The van der Waals surface area contributed by atoms with Crippen LogP contribution in [0.5, 0.6) is 6.01 Å². The van der Waals surface area contributed by atoms with Gasteiger partial charge < -0.3 is 25.0 Å². The molecule has 7 heterocycles. The van der Waals surface area contributed by atoms with Crippen LogP contribution in [-0.4, -0.2) is 88.0 Å². The maximum Gasteiger partial charge on any atom is 0.319 e. The lowest BCUT2D eigenvalue weighted by Crippen LogP contribution is -2.51. The van der Waals surface area contributed by atoms with E-state index >= 15 is 4.39 Å². The molecule has 0 spiro atoms. The van der Waals surface area contributed by atoms with Crippen LogP contribution in [0.2, 0.25) is 0 Å². The van der Waals surface area contributed by atoms with Gasteiger partial charge in [0.1, 0.15) is 17.9 Å². The van der Waals surface area contributed by atoms with Gasteiger partial charge in [0.2, 0.25) is 0 Å². The number of ether oxygens (including phenoxy) is 1. The number of hydrogen-bond acceptors (Lipinski definition) is 9. The Morgan fingerprint density at radius 2 is 1.85 bits per heavy atom. The van der Waals surface area contributed by atoms with Crippen molar-refractivity contribution in [1.82, 2.24) is 25.2 Å². The summed E-state index contributed by atoms with van der Waals surface area (Å²) >= 11 is 0. The van der Waals surface area contributed by atoms with Crippen molar-refractivity contribution in [3.05, 3.63) is 41.3 Å². The van der Waals surface area contributed by atoms with Crippen molar-refractivity contribution in [3.8, 4) is 6.01 Å².